The molecule has 0 spiro atoms. The zero-order valence-corrected chi connectivity index (χ0v) is 13.1. The van der Waals surface area contributed by atoms with Crippen LogP contribution in [0.3, 0.4) is 0 Å². The Bertz CT molecular complexity index is 826. The van der Waals surface area contributed by atoms with Gasteiger partial charge in [-0.05, 0) is 34.7 Å². The van der Waals surface area contributed by atoms with E-state index in [0.717, 1.165) is 0 Å². The van der Waals surface area contributed by atoms with Crippen LogP contribution in [-0.2, 0) is 0 Å². The molecule has 0 saturated carbocycles. The van der Waals surface area contributed by atoms with Crippen molar-refractivity contribution in [1.82, 2.24) is 20.2 Å². The number of tetrazole rings is 1. The number of rotatable bonds is 5. The highest BCUT2D eigenvalue weighted by Gasteiger charge is 2.13. The van der Waals surface area contributed by atoms with E-state index >= 15 is 0 Å². The van der Waals surface area contributed by atoms with Crippen molar-refractivity contribution < 1.29 is 14.3 Å². The molecule has 122 valence electrons. The number of nitrogens with one attached hydrogen (secondary N) is 1. The number of benzene rings is 2. The predicted molar refractivity (Wildman–Crippen MR) is 86.7 cm³/mol. The van der Waals surface area contributed by atoms with Crippen molar-refractivity contribution in [3.8, 4) is 17.2 Å². The second-order valence-corrected chi connectivity index (χ2v) is 4.83. The van der Waals surface area contributed by atoms with Crippen molar-refractivity contribution in [3.05, 3.63) is 54.4 Å². The number of carbonyl (C=O) groups is 1. The lowest BCUT2D eigenvalue weighted by Crippen LogP contribution is -2.14. The summed E-state index contributed by atoms with van der Waals surface area (Å²) in [4.78, 5) is 12.6. The second kappa shape index (κ2) is 6.78. The molecular weight excluding hydrogens is 310 g/mol. The number of amides is 1. The normalized spacial score (nSPS) is 10.2. The highest BCUT2D eigenvalue weighted by molar-refractivity contribution is 6.05. The Labute approximate surface area is 138 Å². The molecule has 8 heteroatoms. The first kappa shape index (κ1) is 15.5. The molecule has 0 radical (unpaired) electrons. The van der Waals surface area contributed by atoms with Crippen molar-refractivity contribution in [2.75, 3.05) is 19.5 Å². The van der Waals surface area contributed by atoms with Crippen LogP contribution in [0.15, 0.2) is 48.8 Å². The fourth-order valence-electron chi connectivity index (χ4n) is 2.18. The molecule has 0 fully saturated rings. The molecule has 0 unspecified atom stereocenters. The minimum absolute atomic E-state index is 0.298. The van der Waals surface area contributed by atoms with Gasteiger partial charge in [0.05, 0.1) is 25.6 Å². The summed E-state index contributed by atoms with van der Waals surface area (Å²) in [6.45, 7) is 0. The van der Waals surface area contributed by atoms with Gasteiger partial charge in [0.2, 0.25) is 0 Å². The average Bonchev–Trinajstić information content (AvgIpc) is 3.16. The van der Waals surface area contributed by atoms with Gasteiger partial charge in [-0.15, -0.1) is 5.10 Å². The number of methoxy groups -OCH3 is 2. The quantitative estimate of drug-likeness (QED) is 0.771. The summed E-state index contributed by atoms with van der Waals surface area (Å²) >= 11 is 0. The predicted octanol–water partition coefficient (Wildman–Crippen LogP) is 1.93. The number of nitrogens with zero attached hydrogens (tertiary/aromatic N) is 4. The van der Waals surface area contributed by atoms with E-state index in [0.29, 0.717) is 28.4 Å². The van der Waals surface area contributed by atoms with Crippen molar-refractivity contribution in [2.45, 2.75) is 0 Å². The summed E-state index contributed by atoms with van der Waals surface area (Å²) < 4.78 is 11.9. The molecule has 1 amide bonds. The summed E-state index contributed by atoms with van der Waals surface area (Å²) in [6.07, 6.45) is 1.46. The SMILES string of the molecule is COc1cc(OC)cc(C(=O)Nc2ccccc2-n2cnnn2)c1. The second-order valence-electron chi connectivity index (χ2n) is 4.83. The molecule has 1 N–H and O–H groups in total. The van der Waals surface area contributed by atoms with Crippen LogP contribution in [-0.4, -0.2) is 40.3 Å². The number of ether oxygens (including phenoxy) is 2. The molecule has 3 rings (SSSR count). The molecule has 24 heavy (non-hydrogen) atoms. The lowest BCUT2D eigenvalue weighted by molar-refractivity contribution is 0.102. The van der Waals surface area contributed by atoms with Crippen molar-refractivity contribution in [1.29, 1.82) is 0 Å². The van der Waals surface area contributed by atoms with E-state index in [4.69, 9.17) is 9.47 Å². The van der Waals surface area contributed by atoms with Crippen LogP contribution >= 0.6 is 0 Å². The monoisotopic (exact) mass is 325 g/mol. The third-order valence-electron chi connectivity index (χ3n) is 3.36. The van der Waals surface area contributed by atoms with Crippen LogP contribution < -0.4 is 14.8 Å². The number of hydrogen-bond acceptors (Lipinski definition) is 6. The third-order valence-corrected chi connectivity index (χ3v) is 3.36. The van der Waals surface area contributed by atoms with E-state index < -0.39 is 0 Å². The van der Waals surface area contributed by atoms with Crippen LogP contribution in [0.25, 0.3) is 5.69 Å². The largest absolute Gasteiger partial charge is 0.497 e. The lowest BCUT2D eigenvalue weighted by Gasteiger charge is -2.12. The van der Waals surface area contributed by atoms with E-state index in [2.05, 4.69) is 20.8 Å². The average molecular weight is 325 g/mol. The zero-order valence-electron chi connectivity index (χ0n) is 13.1. The van der Waals surface area contributed by atoms with Gasteiger partial charge >= 0.3 is 0 Å². The summed E-state index contributed by atoms with van der Waals surface area (Å²) in [5, 5.41) is 13.9. The molecule has 8 nitrogen and oxygen atoms in total. The Morgan fingerprint density at radius 1 is 1.08 bits per heavy atom. The highest BCUT2D eigenvalue weighted by atomic mass is 16.5. The molecule has 2 aromatic carbocycles. The minimum atomic E-state index is -0.298. The van der Waals surface area contributed by atoms with Gasteiger partial charge in [-0.1, -0.05) is 12.1 Å². The molecule has 0 atom stereocenters. The fraction of sp³-hybridized carbons (Fsp3) is 0.125. The Hall–Kier alpha value is -3.42. The van der Waals surface area contributed by atoms with Gasteiger partial charge in [-0.2, -0.15) is 4.68 Å². The van der Waals surface area contributed by atoms with Gasteiger partial charge in [0, 0.05) is 11.6 Å². The number of hydrogen-bond donors (Lipinski definition) is 1. The van der Waals surface area contributed by atoms with E-state index in [1.54, 1.807) is 30.3 Å². The molecule has 0 aliphatic carbocycles. The topological polar surface area (TPSA) is 91.2 Å². The van der Waals surface area contributed by atoms with Crippen LogP contribution in [0.5, 0.6) is 11.5 Å². The maximum atomic E-state index is 12.6. The molecule has 0 bridgehead atoms. The van der Waals surface area contributed by atoms with Crippen LogP contribution in [0.2, 0.25) is 0 Å². The Morgan fingerprint density at radius 3 is 2.42 bits per heavy atom. The first-order chi connectivity index (χ1) is 11.7. The molecular formula is C16H15N5O3. The Balaban J connectivity index is 1.91. The van der Waals surface area contributed by atoms with E-state index in [1.165, 1.54) is 25.2 Å². The molecule has 1 aromatic heterocycles. The fourth-order valence-corrected chi connectivity index (χ4v) is 2.18. The van der Waals surface area contributed by atoms with E-state index in [9.17, 15) is 4.79 Å². The molecule has 0 aliphatic rings. The standard InChI is InChI=1S/C16H15N5O3/c1-23-12-7-11(8-13(9-12)24-2)16(22)18-14-5-3-4-6-15(14)21-10-17-19-20-21/h3-10H,1-2H3,(H,18,22). The van der Waals surface area contributed by atoms with Gasteiger partial charge in [0.1, 0.15) is 17.8 Å². The summed E-state index contributed by atoms with van der Waals surface area (Å²) in [5.74, 6) is 0.772. The smallest absolute Gasteiger partial charge is 0.255 e. The lowest BCUT2D eigenvalue weighted by atomic mass is 10.1. The van der Waals surface area contributed by atoms with Crippen LogP contribution in [0.4, 0.5) is 5.69 Å². The Kier molecular flexibility index (Phi) is 4.37. The maximum absolute atomic E-state index is 12.6. The first-order valence-electron chi connectivity index (χ1n) is 7.08. The summed E-state index contributed by atoms with van der Waals surface area (Å²) in [7, 11) is 3.06. The van der Waals surface area contributed by atoms with Gasteiger partial charge in [0.15, 0.2) is 0 Å². The first-order valence-corrected chi connectivity index (χ1v) is 7.08. The number of carbonyl (C=O) groups excluding carboxylic acids is 1. The van der Waals surface area contributed by atoms with Gasteiger partial charge in [-0.25, -0.2) is 0 Å². The molecule has 1 heterocycles. The summed E-state index contributed by atoms with van der Waals surface area (Å²) in [5.41, 5.74) is 1.65. The summed E-state index contributed by atoms with van der Waals surface area (Å²) in [6, 6.07) is 12.2. The molecule has 0 saturated heterocycles. The van der Waals surface area contributed by atoms with Gasteiger partial charge < -0.3 is 14.8 Å². The van der Waals surface area contributed by atoms with E-state index in [1.807, 2.05) is 12.1 Å². The van der Waals surface area contributed by atoms with Crippen molar-refractivity contribution in [2.24, 2.45) is 0 Å². The van der Waals surface area contributed by atoms with Gasteiger partial charge in [0.25, 0.3) is 5.91 Å². The number of aromatic nitrogens is 4. The van der Waals surface area contributed by atoms with Crippen molar-refractivity contribution >= 4 is 11.6 Å². The Morgan fingerprint density at radius 2 is 1.79 bits per heavy atom. The minimum Gasteiger partial charge on any atom is -0.497 e. The van der Waals surface area contributed by atoms with Crippen molar-refractivity contribution in [3.63, 3.8) is 0 Å². The molecule has 0 aliphatic heterocycles. The zero-order chi connectivity index (χ0) is 16.9. The number of para-hydroxylation sites is 2. The third kappa shape index (κ3) is 3.17. The molecule has 3 aromatic rings. The van der Waals surface area contributed by atoms with Crippen LogP contribution in [0.1, 0.15) is 10.4 Å². The van der Waals surface area contributed by atoms with E-state index in [-0.39, 0.29) is 5.91 Å². The highest BCUT2D eigenvalue weighted by Crippen LogP contribution is 2.24. The van der Waals surface area contributed by atoms with Gasteiger partial charge in [-0.3, -0.25) is 4.79 Å². The maximum Gasteiger partial charge on any atom is 0.255 e. The number of anilines is 1. The van der Waals surface area contributed by atoms with Crippen LogP contribution in [0, 0.1) is 0 Å².